The second-order valence-corrected chi connectivity index (χ2v) is 22.7. The van der Waals surface area contributed by atoms with E-state index in [9.17, 15) is 0 Å². The van der Waals surface area contributed by atoms with Gasteiger partial charge < -0.3 is 19.6 Å². The standard InChI is InChI=1S/C73H58B2N4/c1-45-18-26-58(27-19-45)76-64-32-22-47(3)36-62(64)74-60-30-24-52(43-66(60)78(56-14-10-8-11-15-56)70-40-50(6)38-68(76)72(70)74)54-34-49(5)35-55(42-54)53-25-31-61-67(44-53)79(57-16-12-9-13-17-57)71-41-51(7)39-69-73(71)75(61)63-37-48(4)23-33-65(63)77(69)59-28-20-46(2)21-29-59/h8-44H,1-7H3. The Morgan fingerprint density at radius 2 is 0.557 bits per heavy atom. The molecule has 11 aromatic rings. The molecule has 0 radical (unpaired) electrons. The summed E-state index contributed by atoms with van der Waals surface area (Å²) < 4.78 is 0. The zero-order valence-corrected chi connectivity index (χ0v) is 45.8. The molecule has 0 aromatic heterocycles. The highest BCUT2D eigenvalue weighted by atomic mass is 15.2. The van der Waals surface area contributed by atoms with Crippen molar-refractivity contribution >= 4 is 114 Å². The van der Waals surface area contributed by atoms with Gasteiger partial charge in [-0.25, -0.2) is 0 Å². The van der Waals surface area contributed by atoms with Crippen molar-refractivity contribution in [1.82, 2.24) is 0 Å². The summed E-state index contributed by atoms with van der Waals surface area (Å²) in [7, 11) is 0. The van der Waals surface area contributed by atoms with Crippen LogP contribution in [0.1, 0.15) is 38.9 Å². The van der Waals surface area contributed by atoms with Crippen molar-refractivity contribution in [2.75, 3.05) is 19.6 Å². The molecule has 376 valence electrons. The summed E-state index contributed by atoms with van der Waals surface area (Å²) in [6, 6.07) is 85.4. The summed E-state index contributed by atoms with van der Waals surface area (Å²) in [6.45, 7) is 15.6. The molecule has 4 aliphatic heterocycles. The maximum Gasteiger partial charge on any atom is 0.252 e. The summed E-state index contributed by atoms with van der Waals surface area (Å²) >= 11 is 0. The second-order valence-electron chi connectivity index (χ2n) is 22.7. The van der Waals surface area contributed by atoms with Crippen molar-refractivity contribution in [1.29, 1.82) is 0 Å². The SMILES string of the molecule is Cc1ccc(N2c3ccc(C)cc3B3c4ccc(-c5cc(C)cc(-c6ccc7c(c6)N(c6ccccc6)c6cc(C)cc8c6B7c6cc(C)ccc6N8c6ccc(C)cc6)c5)cc4N(c4ccccc4)c4cc(C)cc2c43)cc1. The lowest BCUT2D eigenvalue weighted by atomic mass is 9.33. The van der Waals surface area contributed by atoms with Crippen LogP contribution in [-0.2, 0) is 0 Å². The minimum Gasteiger partial charge on any atom is -0.311 e. The van der Waals surface area contributed by atoms with Crippen LogP contribution in [0.5, 0.6) is 0 Å². The van der Waals surface area contributed by atoms with E-state index in [-0.39, 0.29) is 13.4 Å². The van der Waals surface area contributed by atoms with Crippen molar-refractivity contribution in [3.63, 3.8) is 0 Å². The van der Waals surface area contributed by atoms with Crippen LogP contribution in [-0.4, -0.2) is 13.4 Å². The van der Waals surface area contributed by atoms with Crippen molar-refractivity contribution in [3.05, 3.63) is 263 Å². The van der Waals surface area contributed by atoms with Crippen LogP contribution < -0.4 is 52.4 Å². The Hall–Kier alpha value is -9.25. The first-order chi connectivity index (χ1) is 38.5. The van der Waals surface area contributed by atoms with E-state index in [2.05, 4.69) is 293 Å². The van der Waals surface area contributed by atoms with Crippen LogP contribution in [0.3, 0.4) is 0 Å². The molecule has 0 saturated carbocycles. The van der Waals surface area contributed by atoms with Crippen LogP contribution >= 0.6 is 0 Å². The number of hydrogen-bond donors (Lipinski definition) is 0. The summed E-state index contributed by atoms with van der Waals surface area (Å²) in [6.07, 6.45) is 0. The highest BCUT2D eigenvalue weighted by Gasteiger charge is 2.45. The van der Waals surface area contributed by atoms with Gasteiger partial charge >= 0.3 is 0 Å². The Morgan fingerprint density at radius 1 is 0.215 bits per heavy atom. The molecule has 0 N–H and O–H groups in total. The zero-order valence-electron chi connectivity index (χ0n) is 45.8. The number of hydrogen-bond acceptors (Lipinski definition) is 4. The third-order valence-electron chi connectivity index (χ3n) is 17.1. The molecular weight excluding hydrogens is 954 g/mol. The first-order valence-corrected chi connectivity index (χ1v) is 27.9. The predicted octanol–water partition coefficient (Wildman–Crippen LogP) is 15.3. The largest absolute Gasteiger partial charge is 0.311 e. The molecule has 4 nitrogen and oxygen atoms in total. The topological polar surface area (TPSA) is 13.0 Å². The van der Waals surface area contributed by atoms with Crippen molar-refractivity contribution in [2.24, 2.45) is 0 Å². The molecule has 0 aliphatic carbocycles. The second kappa shape index (κ2) is 17.9. The molecule has 0 spiro atoms. The van der Waals surface area contributed by atoms with E-state index < -0.39 is 0 Å². The molecular formula is C73H58B2N4. The summed E-state index contributed by atoms with van der Waals surface area (Å²) in [5.41, 5.74) is 35.9. The first-order valence-electron chi connectivity index (χ1n) is 27.9. The lowest BCUT2D eigenvalue weighted by Gasteiger charge is -2.44. The van der Waals surface area contributed by atoms with Crippen molar-refractivity contribution < 1.29 is 0 Å². The van der Waals surface area contributed by atoms with Gasteiger partial charge in [-0.05, 0) is 223 Å². The Balaban J connectivity index is 0.895. The Morgan fingerprint density at radius 3 is 0.949 bits per heavy atom. The average molecular weight is 1010 g/mol. The summed E-state index contributed by atoms with van der Waals surface area (Å²) in [5.74, 6) is 0. The fraction of sp³-hybridized carbons (Fsp3) is 0.0959. The molecule has 4 heterocycles. The van der Waals surface area contributed by atoms with E-state index in [1.165, 1.54) is 151 Å². The van der Waals surface area contributed by atoms with Crippen LogP contribution in [0.2, 0.25) is 0 Å². The molecule has 6 heteroatoms. The Labute approximate surface area is 465 Å². The molecule has 15 rings (SSSR count). The lowest BCUT2D eigenvalue weighted by Crippen LogP contribution is -2.61. The molecule has 0 fully saturated rings. The third kappa shape index (κ3) is 7.45. The van der Waals surface area contributed by atoms with E-state index in [0.29, 0.717) is 0 Å². The number of para-hydroxylation sites is 2. The highest BCUT2D eigenvalue weighted by Crippen LogP contribution is 2.48. The predicted molar refractivity (Wildman–Crippen MR) is 339 cm³/mol. The lowest BCUT2D eigenvalue weighted by molar-refractivity contribution is 1.23. The van der Waals surface area contributed by atoms with Gasteiger partial charge in [0.25, 0.3) is 13.4 Å². The highest BCUT2D eigenvalue weighted by molar-refractivity contribution is 7.01. The van der Waals surface area contributed by atoms with Crippen LogP contribution in [0.15, 0.2) is 224 Å². The van der Waals surface area contributed by atoms with E-state index in [0.717, 1.165) is 11.4 Å². The smallest absolute Gasteiger partial charge is 0.252 e. The molecule has 0 bridgehead atoms. The van der Waals surface area contributed by atoms with Gasteiger partial charge in [-0.15, -0.1) is 0 Å². The molecule has 4 aliphatic rings. The molecule has 0 saturated heterocycles. The van der Waals surface area contributed by atoms with Gasteiger partial charge in [0.15, 0.2) is 0 Å². The van der Waals surface area contributed by atoms with Crippen LogP contribution in [0.25, 0.3) is 22.3 Å². The van der Waals surface area contributed by atoms with Gasteiger partial charge in [0, 0.05) is 68.2 Å². The van der Waals surface area contributed by atoms with Crippen LogP contribution in [0, 0.1) is 48.5 Å². The minimum atomic E-state index is 0.0399. The van der Waals surface area contributed by atoms with Gasteiger partial charge in [0.1, 0.15) is 0 Å². The normalized spacial score (nSPS) is 13.4. The zero-order chi connectivity index (χ0) is 53.4. The van der Waals surface area contributed by atoms with Gasteiger partial charge in [-0.2, -0.15) is 0 Å². The van der Waals surface area contributed by atoms with E-state index >= 15 is 0 Å². The van der Waals surface area contributed by atoms with E-state index in [1.54, 1.807) is 0 Å². The van der Waals surface area contributed by atoms with E-state index in [4.69, 9.17) is 0 Å². The van der Waals surface area contributed by atoms with E-state index in [1.807, 2.05) is 0 Å². The third-order valence-corrected chi connectivity index (χ3v) is 17.1. The first kappa shape index (κ1) is 47.0. The molecule has 0 amide bonds. The summed E-state index contributed by atoms with van der Waals surface area (Å²) in [4.78, 5) is 10.1. The maximum atomic E-state index is 2.53. The molecule has 0 unspecified atom stereocenters. The van der Waals surface area contributed by atoms with Gasteiger partial charge in [0.2, 0.25) is 0 Å². The van der Waals surface area contributed by atoms with Gasteiger partial charge in [-0.3, -0.25) is 0 Å². The number of nitrogens with zero attached hydrogens (tertiary/aromatic N) is 4. The monoisotopic (exact) mass is 1010 g/mol. The number of fused-ring (bicyclic) bond motifs is 8. The molecule has 79 heavy (non-hydrogen) atoms. The molecule has 0 atom stereocenters. The quantitative estimate of drug-likeness (QED) is 0.154. The number of benzene rings is 11. The Bertz CT molecular complexity index is 4030. The molecule has 11 aromatic carbocycles. The average Bonchev–Trinajstić information content (AvgIpc) is 3.46. The van der Waals surface area contributed by atoms with Crippen LogP contribution in [0.4, 0.5) is 68.2 Å². The maximum absolute atomic E-state index is 2.53. The van der Waals surface area contributed by atoms with Crippen molar-refractivity contribution in [3.8, 4) is 22.3 Å². The minimum absolute atomic E-state index is 0.0399. The fourth-order valence-corrected chi connectivity index (χ4v) is 13.6. The van der Waals surface area contributed by atoms with Gasteiger partial charge in [0.05, 0.1) is 0 Å². The number of rotatable bonds is 6. The Kier molecular flexibility index (Phi) is 10.7. The number of aryl methyl sites for hydroxylation is 7. The van der Waals surface area contributed by atoms with Crippen molar-refractivity contribution in [2.45, 2.75) is 48.5 Å². The summed E-state index contributed by atoms with van der Waals surface area (Å²) in [5, 5.41) is 0. The van der Waals surface area contributed by atoms with Gasteiger partial charge in [-0.1, -0.05) is 144 Å². The fourth-order valence-electron chi connectivity index (χ4n) is 13.6. The number of anilines is 12.